The van der Waals surface area contributed by atoms with Crippen LogP contribution in [0, 0.1) is 5.92 Å². The first-order valence-corrected chi connectivity index (χ1v) is 7.32. The molecular weight excluding hydrogens is 244 g/mol. The minimum atomic E-state index is 0.182. The lowest BCUT2D eigenvalue weighted by atomic mass is 10.0. The number of halogens is 1. The zero-order chi connectivity index (χ0) is 12.7. The molecule has 0 aromatic heterocycles. The maximum Gasteiger partial charge on any atom is 0.0410 e. The Balaban J connectivity index is 1.91. The number of fused-ring (bicyclic) bond motifs is 2. The Morgan fingerprint density at radius 2 is 2.28 bits per heavy atom. The molecule has 1 aromatic rings. The lowest BCUT2D eigenvalue weighted by Crippen LogP contribution is -2.33. The molecule has 1 saturated heterocycles. The van der Waals surface area contributed by atoms with Crippen LogP contribution in [0.2, 0.25) is 5.02 Å². The highest BCUT2D eigenvalue weighted by Crippen LogP contribution is 2.41. The number of nitrogens with two attached hydrogens (primary N) is 1. The lowest BCUT2D eigenvalue weighted by Gasteiger charge is -2.31. The van der Waals surface area contributed by atoms with Gasteiger partial charge in [-0.2, -0.15) is 0 Å². The molecular formula is C15H21ClN2. The highest BCUT2D eigenvalue weighted by molar-refractivity contribution is 6.30. The number of nitrogens with zero attached hydrogens (tertiary/aromatic N) is 1. The molecule has 0 spiro atoms. The van der Waals surface area contributed by atoms with Crippen molar-refractivity contribution in [2.45, 2.75) is 44.7 Å². The van der Waals surface area contributed by atoms with Gasteiger partial charge in [-0.3, -0.25) is 0 Å². The molecule has 1 heterocycles. The van der Waals surface area contributed by atoms with E-state index < -0.39 is 0 Å². The standard InChI is InChI=1S/C15H21ClN2/c1-10(17)6-12-8-13(16)3-5-15(12)18-9-11-2-4-14(18)7-11/h3,5,8,10-11,14H,2,4,6-7,9,17H2,1H3. The minimum absolute atomic E-state index is 0.182. The molecule has 1 aromatic carbocycles. The van der Waals surface area contributed by atoms with Crippen molar-refractivity contribution in [2.75, 3.05) is 11.4 Å². The maximum absolute atomic E-state index is 6.13. The lowest BCUT2D eigenvalue weighted by molar-refractivity contribution is 0.552. The van der Waals surface area contributed by atoms with Gasteiger partial charge >= 0.3 is 0 Å². The van der Waals surface area contributed by atoms with Crippen LogP contribution in [0.5, 0.6) is 0 Å². The highest BCUT2D eigenvalue weighted by Gasteiger charge is 2.38. The minimum Gasteiger partial charge on any atom is -0.368 e. The summed E-state index contributed by atoms with van der Waals surface area (Å²) in [6.07, 6.45) is 5.05. The van der Waals surface area contributed by atoms with Gasteiger partial charge in [0, 0.05) is 29.3 Å². The Bertz CT molecular complexity index is 444. The monoisotopic (exact) mass is 264 g/mol. The van der Waals surface area contributed by atoms with Gasteiger partial charge in [0.25, 0.3) is 0 Å². The third-order valence-electron chi connectivity index (χ3n) is 4.30. The Morgan fingerprint density at radius 1 is 1.44 bits per heavy atom. The van der Waals surface area contributed by atoms with E-state index in [0.717, 1.165) is 23.4 Å². The van der Waals surface area contributed by atoms with Gasteiger partial charge in [-0.05, 0) is 62.3 Å². The average molecular weight is 265 g/mol. The highest BCUT2D eigenvalue weighted by atomic mass is 35.5. The van der Waals surface area contributed by atoms with Crippen molar-refractivity contribution in [3.05, 3.63) is 28.8 Å². The number of rotatable bonds is 3. The van der Waals surface area contributed by atoms with E-state index in [4.69, 9.17) is 17.3 Å². The molecule has 3 atom stereocenters. The molecule has 2 N–H and O–H groups in total. The van der Waals surface area contributed by atoms with E-state index in [2.05, 4.69) is 24.0 Å². The Labute approximate surface area is 114 Å². The normalized spacial score (nSPS) is 27.8. The summed E-state index contributed by atoms with van der Waals surface area (Å²) < 4.78 is 0. The van der Waals surface area contributed by atoms with Crippen LogP contribution in [0.25, 0.3) is 0 Å². The molecule has 2 aliphatic rings. The van der Waals surface area contributed by atoms with E-state index >= 15 is 0 Å². The number of hydrogen-bond acceptors (Lipinski definition) is 2. The predicted octanol–water partition coefficient (Wildman–Crippen LogP) is 3.22. The molecule has 3 rings (SSSR count). The molecule has 0 amide bonds. The first kappa shape index (κ1) is 12.3. The summed E-state index contributed by atoms with van der Waals surface area (Å²) in [4.78, 5) is 2.59. The number of benzene rings is 1. The van der Waals surface area contributed by atoms with Gasteiger partial charge in [0.1, 0.15) is 0 Å². The SMILES string of the molecule is CC(N)Cc1cc(Cl)ccc1N1CC2CCC1C2. The van der Waals surface area contributed by atoms with Crippen molar-refractivity contribution in [1.29, 1.82) is 0 Å². The molecule has 3 unspecified atom stereocenters. The van der Waals surface area contributed by atoms with Crippen LogP contribution in [0.4, 0.5) is 5.69 Å². The maximum atomic E-state index is 6.13. The van der Waals surface area contributed by atoms with E-state index in [1.54, 1.807) is 0 Å². The molecule has 98 valence electrons. The molecule has 2 bridgehead atoms. The van der Waals surface area contributed by atoms with Crippen molar-refractivity contribution < 1.29 is 0 Å². The first-order valence-electron chi connectivity index (χ1n) is 6.94. The fourth-order valence-corrected chi connectivity index (χ4v) is 3.76. The zero-order valence-electron chi connectivity index (χ0n) is 10.9. The third kappa shape index (κ3) is 2.24. The van der Waals surface area contributed by atoms with Gasteiger partial charge in [-0.15, -0.1) is 0 Å². The van der Waals surface area contributed by atoms with Crippen LogP contribution in [-0.4, -0.2) is 18.6 Å². The zero-order valence-corrected chi connectivity index (χ0v) is 11.7. The summed E-state index contributed by atoms with van der Waals surface area (Å²) in [5, 5.41) is 0.818. The number of hydrogen-bond donors (Lipinski definition) is 1. The van der Waals surface area contributed by atoms with Gasteiger partial charge < -0.3 is 10.6 Å². The van der Waals surface area contributed by atoms with E-state index in [-0.39, 0.29) is 6.04 Å². The second kappa shape index (κ2) is 4.75. The van der Waals surface area contributed by atoms with Crippen molar-refractivity contribution >= 4 is 17.3 Å². The second-order valence-corrected chi connectivity index (χ2v) is 6.38. The van der Waals surface area contributed by atoms with Crippen LogP contribution in [-0.2, 0) is 6.42 Å². The molecule has 1 aliphatic heterocycles. The van der Waals surface area contributed by atoms with Gasteiger partial charge in [0.2, 0.25) is 0 Å². The molecule has 0 radical (unpaired) electrons. The summed E-state index contributed by atoms with van der Waals surface area (Å²) in [5.74, 6) is 0.911. The van der Waals surface area contributed by atoms with Gasteiger partial charge in [-0.25, -0.2) is 0 Å². The van der Waals surface area contributed by atoms with Crippen LogP contribution in [0.1, 0.15) is 31.7 Å². The van der Waals surface area contributed by atoms with Crippen molar-refractivity contribution in [1.82, 2.24) is 0 Å². The molecule has 3 heteroatoms. The van der Waals surface area contributed by atoms with Crippen molar-refractivity contribution in [3.8, 4) is 0 Å². The predicted molar refractivity (Wildman–Crippen MR) is 77.3 cm³/mol. The Morgan fingerprint density at radius 3 is 2.89 bits per heavy atom. The fraction of sp³-hybridized carbons (Fsp3) is 0.600. The van der Waals surface area contributed by atoms with E-state index in [1.165, 1.54) is 37.1 Å². The van der Waals surface area contributed by atoms with Crippen molar-refractivity contribution in [3.63, 3.8) is 0 Å². The topological polar surface area (TPSA) is 29.3 Å². The van der Waals surface area contributed by atoms with Gasteiger partial charge in [-0.1, -0.05) is 11.6 Å². The molecule has 1 aliphatic carbocycles. The smallest absolute Gasteiger partial charge is 0.0410 e. The van der Waals surface area contributed by atoms with E-state index in [9.17, 15) is 0 Å². The summed E-state index contributed by atoms with van der Waals surface area (Å²) >= 11 is 6.13. The molecule has 18 heavy (non-hydrogen) atoms. The number of anilines is 1. The molecule has 2 nitrogen and oxygen atoms in total. The van der Waals surface area contributed by atoms with Crippen LogP contribution >= 0.6 is 11.6 Å². The van der Waals surface area contributed by atoms with Crippen molar-refractivity contribution in [2.24, 2.45) is 11.7 Å². The van der Waals surface area contributed by atoms with E-state index in [0.29, 0.717) is 0 Å². The Hall–Kier alpha value is -0.730. The molecule has 2 fully saturated rings. The van der Waals surface area contributed by atoms with E-state index in [1.807, 2.05) is 6.07 Å². The fourth-order valence-electron chi connectivity index (χ4n) is 3.56. The van der Waals surface area contributed by atoms with Crippen LogP contribution in [0.3, 0.4) is 0 Å². The van der Waals surface area contributed by atoms with Crippen LogP contribution < -0.4 is 10.6 Å². The average Bonchev–Trinajstić information content (AvgIpc) is 2.90. The largest absolute Gasteiger partial charge is 0.368 e. The van der Waals surface area contributed by atoms with Gasteiger partial charge in [0.05, 0.1) is 0 Å². The quantitative estimate of drug-likeness (QED) is 0.908. The summed E-state index contributed by atoms with van der Waals surface area (Å²) in [6, 6.07) is 7.21. The first-order chi connectivity index (χ1) is 8.63. The van der Waals surface area contributed by atoms with Crippen LogP contribution in [0.15, 0.2) is 18.2 Å². The molecule has 1 saturated carbocycles. The Kier molecular flexibility index (Phi) is 3.25. The third-order valence-corrected chi connectivity index (χ3v) is 4.54. The second-order valence-electron chi connectivity index (χ2n) is 5.94. The summed E-state index contributed by atoms with van der Waals surface area (Å²) in [5.41, 5.74) is 8.63. The summed E-state index contributed by atoms with van der Waals surface area (Å²) in [7, 11) is 0. The summed E-state index contributed by atoms with van der Waals surface area (Å²) in [6.45, 7) is 3.28. The number of piperidine rings is 1. The van der Waals surface area contributed by atoms with Gasteiger partial charge in [0.15, 0.2) is 0 Å².